The average Bonchev–Trinajstić information content (AvgIpc) is 3.50. The minimum atomic E-state index is -4.78. The molecule has 1 saturated carbocycles. The van der Waals surface area contributed by atoms with Gasteiger partial charge in [-0.3, -0.25) is 4.79 Å². The van der Waals surface area contributed by atoms with E-state index in [0.717, 1.165) is 16.5 Å². The number of rotatable bonds is 5. The summed E-state index contributed by atoms with van der Waals surface area (Å²) < 4.78 is 92.5. The first-order valence-corrected chi connectivity index (χ1v) is 12.4. The molecule has 1 N–H and O–H groups in total. The van der Waals surface area contributed by atoms with Crippen LogP contribution in [0.3, 0.4) is 0 Å². The van der Waals surface area contributed by atoms with Gasteiger partial charge in [-0.2, -0.15) is 22.4 Å². The predicted octanol–water partition coefficient (Wildman–Crippen LogP) is 3.86. The van der Waals surface area contributed by atoms with Crippen molar-refractivity contribution < 1.29 is 35.2 Å². The highest BCUT2D eigenvalue weighted by Crippen LogP contribution is 2.44. The summed E-state index contributed by atoms with van der Waals surface area (Å²) in [6.45, 7) is -0.0987. The largest absolute Gasteiger partial charge is 0.417 e. The standard InChI is InChI=1S/C20H22F5N5O3S/c1-34(32,33)30-16(12-3-4-12)15(11-27-30)28-18(31)14-9-13(20(23,24)25)10-26-17(14)29-7-2-5-19(21,22)6-8-29/h9-12H,2-8H2,1H3,(H,28,31). The van der Waals surface area contributed by atoms with Gasteiger partial charge in [0.15, 0.2) is 0 Å². The van der Waals surface area contributed by atoms with Crippen molar-refractivity contribution in [1.82, 2.24) is 14.2 Å². The summed E-state index contributed by atoms with van der Waals surface area (Å²) in [5, 5.41) is 6.28. The van der Waals surface area contributed by atoms with Crippen LogP contribution in [-0.4, -0.2) is 53.8 Å². The third-order valence-electron chi connectivity index (χ3n) is 5.76. The zero-order valence-corrected chi connectivity index (χ0v) is 18.9. The van der Waals surface area contributed by atoms with E-state index in [-0.39, 0.29) is 49.0 Å². The molecule has 0 atom stereocenters. The Hall–Kier alpha value is -2.77. The van der Waals surface area contributed by atoms with Crippen molar-refractivity contribution in [1.29, 1.82) is 0 Å². The van der Waals surface area contributed by atoms with E-state index in [1.807, 2.05) is 0 Å². The van der Waals surface area contributed by atoms with Crippen molar-refractivity contribution in [3.05, 3.63) is 35.3 Å². The van der Waals surface area contributed by atoms with E-state index >= 15 is 0 Å². The Kier molecular flexibility index (Phi) is 6.07. The molecule has 14 heteroatoms. The normalized spacial score (nSPS) is 19.1. The molecular weight excluding hydrogens is 485 g/mol. The van der Waals surface area contributed by atoms with Gasteiger partial charge in [-0.15, -0.1) is 0 Å². The number of aromatic nitrogens is 3. The van der Waals surface area contributed by atoms with E-state index in [1.54, 1.807) is 0 Å². The first-order valence-electron chi connectivity index (χ1n) is 10.6. The van der Waals surface area contributed by atoms with Gasteiger partial charge in [0.25, 0.3) is 15.9 Å². The summed E-state index contributed by atoms with van der Waals surface area (Å²) in [6.07, 6.45) is -1.64. The second-order valence-corrected chi connectivity index (χ2v) is 10.4. The fourth-order valence-electron chi connectivity index (χ4n) is 3.93. The van der Waals surface area contributed by atoms with Crippen molar-refractivity contribution >= 4 is 27.4 Å². The first-order chi connectivity index (χ1) is 15.8. The molecule has 2 aromatic rings. The van der Waals surface area contributed by atoms with Crippen LogP contribution in [0.15, 0.2) is 18.5 Å². The van der Waals surface area contributed by atoms with Crippen LogP contribution in [0.1, 0.15) is 59.6 Å². The van der Waals surface area contributed by atoms with E-state index < -0.39 is 45.6 Å². The van der Waals surface area contributed by atoms with Crippen LogP contribution in [0.5, 0.6) is 0 Å². The summed E-state index contributed by atoms with van der Waals surface area (Å²) >= 11 is 0. The molecule has 8 nitrogen and oxygen atoms in total. The maximum atomic E-state index is 13.8. The molecule has 1 aliphatic carbocycles. The Morgan fingerprint density at radius 1 is 1.18 bits per heavy atom. The predicted molar refractivity (Wildman–Crippen MR) is 113 cm³/mol. The maximum absolute atomic E-state index is 13.8. The minimum absolute atomic E-state index is 0.0590. The summed E-state index contributed by atoms with van der Waals surface area (Å²) in [4.78, 5) is 18.3. The van der Waals surface area contributed by atoms with Crippen LogP contribution >= 0.6 is 0 Å². The van der Waals surface area contributed by atoms with Crippen LogP contribution in [0, 0.1) is 0 Å². The monoisotopic (exact) mass is 507 g/mol. The molecule has 4 rings (SSSR count). The first kappa shape index (κ1) is 24.4. The van der Waals surface area contributed by atoms with E-state index in [9.17, 15) is 35.2 Å². The molecule has 1 saturated heterocycles. The SMILES string of the molecule is CS(=O)(=O)n1ncc(NC(=O)c2cc(C(F)(F)F)cnc2N2CCCC(F)(F)CC2)c1C1CC1. The lowest BCUT2D eigenvalue weighted by molar-refractivity contribution is -0.137. The van der Waals surface area contributed by atoms with Gasteiger partial charge in [-0.05, 0) is 25.3 Å². The van der Waals surface area contributed by atoms with E-state index in [1.165, 1.54) is 4.90 Å². The summed E-state index contributed by atoms with van der Waals surface area (Å²) in [7, 11) is -3.77. The lowest BCUT2D eigenvalue weighted by Gasteiger charge is -2.24. The van der Waals surface area contributed by atoms with Gasteiger partial charge >= 0.3 is 6.18 Å². The third kappa shape index (κ3) is 5.15. The fraction of sp³-hybridized carbons (Fsp3) is 0.550. The van der Waals surface area contributed by atoms with Crippen LogP contribution < -0.4 is 10.2 Å². The molecule has 0 aromatic carbocycles. The molecule has 2 aliphatic rings. The molecule has 0 unspecified atom stereocenters. The molecule has 0 spiro atoms. The number of alkyl halides is 5. The van der Waals surface area contributed by atoms with E-state index in [4.69, 9.17) is 0 Å². The molecule has 1 amide bonds. The molecule has 0 radical (unpaired) electrons. The number of hydrogen-bond donors (Lipinski definition) is 1. The number of anilines is 2. The summed E-state index contributed by atoms with van der Waals surface area (Å²) in [5.74, 6) is -4.20. The van der Waals surface area contributed by atoms with Gasteiger partial charge in [0.1, 0.15) is 5.82 Å². The number of hydrogen-bond acceptors (Lipinski definition) is 6. The molecule has 186 valence electrons. The highest BCUT2D eigenvalue weighted by molar-refractivity contribution is 7.89. The van der Waals surface area contributed by atoms with Crippen LogP contribution in [-0.2, 0) is 16.2 Å². The smallest absolute Gasteiger partial charge is 0.356 e. The summed E-state index contributed by atoms with van der Waals surface area (Å²) in [6, 6.07) is 0.623. The molecular formula is C20H22F5N5O3S. The lowest BCUT2D eigenvalue weighted by Crippen LogP contribution is -2.30. The number of carbonyl (C=O) groups excluding carboxylic acids is 1. The van der Waals surface area contributed by atoms with Gasteiger partial charge in [-0.1, -0.05) is 0 Å². The Morgan fingerprint density at radius 3 is 2.50 bits per heavy atom. The minimum Gasteiger partial charge on any atom is -0.356 e. The van der Waals surface area contributed by atoms with Crippen molar-refractivity contribution in [3.8, 4) is 0 Å². The Labute approximate surface area is 192 Å². The van der Waals surface area contributed by atoms with Gasteiger partial charge < -0.3 is 10.2 Å². The van der Waals surface area contributed by atoms with Crippen molar-refractivity contribution in [2.45, 2.75) is 50.1 Å². The average molecular weight is 507 g/mol. The second-order valence-electron chi connectivity index (χ2n) is 8.57. The Bertz CT molecular complexity index is 1210. The zero-order valence-electron chi connectivity index (χ0n) is 18.1. The van der Waals surface area contributed by atoms with Crippen LogP contribution in [0.25, 0.3) is 0 Å². The number of nitrogens with one attached hydrogen (secondary N) is 1. The molecule has 2 aromatic heterocycles. The van der Waals surface area contributed by atoms with Crippen molar-refractivity contribution in [2.75, 3.05) is 29.6 Å². The third-order valence-corrected chi connectivity index (χ3v) is 6.68. The van der Waals surface area contributed by atoms with Crippen molar-refractivity contribution in [3.63, 3.8) is 0 Å². The van der Waals surface area contributed by atoms with Crippen molar-refractivity contribution in [2.24, 2.45) is 0 Å². The topological polar surface area (TPSA) is 97.2 Å². The highest BCUT2D eigenvalue weighted by atomic mass is 32.2. The van der Waals surface area contributed by atoms with Gasteiger partial charge in [0, 0.05) is 38.0 Å². The quantitative estimate of drug-likeness (QED) is 0.618. The number of amides is 1. The van der Waals surface area contributed by atoms with Gasteiger partial charge in [-0.25, -0.2) is 22.2 Å². The number of pyridine rings is 1. The van der Waals surface area contributed by atoms with Crippen LogP contribution in [0.2, 0.25) is 0 Å². The van der Waals surface area contributed by atoms with Gasteiger partial charge in [0.05, 0.1) is 35.0 Å². The Morgan fingerprint density at radius 2 is 1.88 bits per heavy atom. The highest BCUT2D eigenvalue weighted by Gasteiger charge is 2.37. The maximum Gasteiger partial charge on any atom is 0.417 e. The van der Waals surface area contributed by atoms with Gasteiger partial charge in [0.2, 0.25) is 5.92 Å². The van der Waals surface area contributed by atoms with E-state index in [0.29, 0.717) is 25.1 Å². The van der Waals surface area contributed by atoms with E-state index in [2.05, 4.69) is 15.4 Å². The van der Waals surface area contributed by atoms with Crippen LogP contribution in [0.4, 0.5) is 33.5 Å². The summed E-state index contributed by atoms with van der Waals surface area (Å²) in [5.41, 5.74) is -1.32. The fourth-order valence-corrected chi connectivity index (χ4v) is 4.76. The second kappa shape index (κ2) is 8.47. The molecule has 2 fully saturated rings. The zero-order chi connectivity index (χ0) is 24.9. The molecule has 3 heterocycles. The molecule has 1 aliphatic heterocycles. The number of carbonyl (C=O) groups is 1. The molecule has 34 heavy (non-hydrogen) atoms. The molecule has 0 bridgehead atoms. The number of halogens is 5. The lowest BCUT2D eigenvalue weighted by atomic mass is 10.1. The number of nitrogens with zero attached hydrogens (tertiary/aromatic N) is 4. The Balaban J connectivity index is 1.71.